The molecular formula is C22H27N3O2. The van der Waals surface area contributed by atoms with Gasteiger partial charge in [-0.2, -0.15) is 0 Å². The molecule has 4 rings (SSSR count). The van der Waals surface area contributed by atoms with Gasteiger partial charge in [0, 0.05) is 36.8 Å². The molecule has 5 heteroatoms. The van der Waals surface area contributed by atoms with Crippen LogP contribution in [-0.2, 0) is 21.6 Å². The van der Waals surface area contributed by atoms with Crippen LogP contribution in [0.4, 0.5) is 0 Å². The number of ether oxygens (including phenoxy) is 1. The van der Waals surface area contributed by atoms with Crippen LogP contribution >= 0.6 is 0 Å². The van der Waals surface area contributed by atoms with Crippen molar-refractivity contribution in [3.8, 4) is 11.4 Å². The zero-order chi connectivity index (χ0) is 19.1. The fourth-order valence-electron chi connectivity index (χ4n) is 4.08. The van der Waals surface area contributed by atoms with Gasteiger partial charge in [0.05, 0.1) is 24.3 Å². The van der Waals surface area contributed by atoms with Gasteiger partial charge in [-0.25, -0.2) is 9.97 Å². The maximum Gasteiger partial charge on any atom is 0.223 e. The third-order valence-electron chi connectivity index (χ3n) is 5.42. The van der Waals surface area contributed by atoms with Crippen molar-refractivity contribution in [1.82, 2.24) is 14.9 Å². The van der Waals surface area contributed by atoms with Crippen molar-refractivity contribution < 1.29 is 9.53 Å². The average Bonchev–Trinajstić information content (AvgIpc) is 3.06. The molecule has 1 unspecified atom stereocenters. The predicted molar refractivity (Wildman–Crippen MR) is 104 cm³/mol. The molecule has 142 valence electrons. The van der Waals surface area contributed by atoms with Crippen LogP contribution in [0, 0.1) is 5.41 Å². The zero-order valence-corrected chi connectivity index (χ0v) is 16.4. The summed E-state index contributed by atoms with van der Waals surface area (Å²) in [4.78, 5) is 24.2. The van der Waals surface area contributed by atoms with Gasteiger partial charge < -0.3 is 9.64 Å². The highest BCUT2D eigenvalue weighted by atomic mass is 16.5. The number of amides is 1. The average molecular weight is 365 g/mol. The van der Waals surface area contributed by atoms with Crippen molar-refractivity contribution >= 4 is 5.91 Å². The number of hydrogen-bond donors (Lipinski definition) is 0. The van der Waals surface area contributed by atoms with Gasteiger partial charge in [0.25, 0.3) is 0 Å². The summed E-state index contributed by atoms with van der Waals surface area (Å²) in [5, 5.41) is 0. The molecule has 2 aromatic rings. The lowest BCUT2D eigenvalue weighted by molar-refractivity contribution is -0.132. The van der Waals surface area contributed by atoms with Gasteiger partial charge in [0.15, 0.2) is 5.82 Å². The molecule has 27 heavy (non-hydrogen) atoms. The number of aromatic nitrogens is 2. The van der Waals surface area contributed by atoms with Crippen molar-refractivity contribution in [2.75, 3.05) is 19.7 Å². The second kappa shape index (κ2) is 6.71. The SMILES string of the molecule is CC(C)(C)CC(=O)N1CCC2(COCc3cnc(-c4ccccc4)nc32)C1. The normalized spacial score (nSPS) is 22.1. The molecule has 1 spiro atoms. The van der Waals surface area contributed by atoms with E-state index in [2.05, 4.69) is 25.8 Å². The largest absolute Gasteiger partial charge is 0.376 e. The Morgan fingerprint density at radius 1 is 1.26 bits per heavy atom. The topological polar surface area (TPSA) is 55.3 Å². The lowest BCUT2D eigenvalue weighted by atomic mass is 9.80. The number of likely N-dealkylation sites (tertiary alicyclic amines) is 1. The number of nitrogens with zero attached hydrogens (tertiary/aromatic N) is 3. The summed E-state index contributed by atoms with van der Waals surface area (Å²) >= 11 is 0. The highest BCUT2D eigenvalue weighted by Gasteiger charge is 2.46. The van der Waals surface area contributed by atoms with Crippen molar-refractivity contribution in [3.63, 3.8) is 0 Å². The van der Waals surface area contributed by atoms with Crippen LogP contribution in [0.3, 0.4) is 0 Å². The minimum Gasteiger partial charge on any atom is -0.376 e. The fraction of sp³-hybridized carbons (Fsp3) is 0.500. The number of rotatable bonds is 2. The van der Waals surface area contributed by atoms with Crippen LogP contribution in [-0.4, -0.2) is 40.5 Å². The van der Waals surface area contributed by atoms with E-state index in [0.717, 1.165) is 35.6 Å². The molecule has 2 aliphatic rings. The smallest absolute Gasteiger partial charge is 0.223 e. The summed E-state index contributed by atoms with van der Waals surface area (Å²) in [6.07, 6.45) is 3.35. The van der Waals surface area contributed by atoms with Gasteiger partial charge in [-0.3, -0.25) is 4.79 Å². The Morgan fingerprint density at radius 2 is 2.04 bits per heavy atom. The maximum atomic E-state index is 12.7. The second-order valence-corrected chi connectivity index (χ2v) is 9.01. The maximum absolute atomic E-state index is 12.7. The molecule has 0 N–H and O–H groups in total. The van der Waals surface area contributed by atoms with Crippen LogP contribution in [0.5, 0.6) is 0 Å². The molecule has 1 saturated heterocycles. The minimum atomic E-state index is -0.215. The van der Waals surface area contributed by atoms with Gasteiger partial charge in [0.1, 0.15) is 0 Å². The van der Waals surface area contributed by atoms with Crippen molar-refractivity contribution in [1.29, 1.82) is 0 Å². The van der Waals surface area contributed by atoms with Gasteiger partial charge in [0.2, 0.25) is 5.91 Å². The molecule has 0 bridgehead atoms. The molecule has 1 amide bonds. The molecule has 0 radical (unpaired) electrons. The monoisotopic (exact) mass is 365 g/mol. The molecule has 1 fully saturated rings. The van der Waals surface area contributed by atoms with E-state index in [1.54, 1.807) is 0 Å². The van der Waals surface area contributed by atoms with Crippen LogP contribution in [0.15, 0.2) is 36.5 Å². The van der Waals surface area contributed by atoms with Crippen LogP contribution in [0.25, 0.3) is 11.4 Å². The summed E-state index contributed by atoms with van der Waals surface area (Å²) in [5.74, 6) is 0.971. The first kappa shape index (κ1) is 18.1. The Hall–Kier alpha value is -2.27. The molecular weight excluding hydrogens is 338 g/mol. The summed E-state index contributed by atoms with van der Waals surface area (Å²) in [6.45, 7) is 8.93. The van der Waals surface area contributed by atoms with Crippen LogP contribution in [0.1, 0.15) is 44.9 Å². The van der Waals surface area contributed by atoms with Gasteiger partial charge in [-0.15, -0.1) is 0 Å². The van der Waals surface area contributed by atoms with E-state index in [1.165, 1.54) is 0 Å². The minimum absolute atomic E-state index is 0.00351. The quantitative estimate of drug-likeness (QED) is 0.816. The summed E-state index contributed by atoms with van der Waals surface area (Å²) in [5.41, 5.74) is 2.91. The lowest BCUT2D eigenvalue weighted by Crippen LogP contribution is -2.42. The van der Waals surface area contributed by atoms with Crippen LogP contribution < -0.4 is 0 Å². The van der Waals surface area contributed by atoms with Crippen molar-refractivity contribution in [2.24, 2.45) is 5.41 Å². The van der Waals surface area contributed by atoms with E-state index < -0.39 is 0 Å². The molecule has 1 atom stereocenters. The van der Waals surface area contributed by atoms with Gasteiger partial charge in [-0.1, -0.05) is 51.1 Å². The van der Waals surface area contributed by atoms with E-state index in [-0.39, 0.29) is 16.7 Å². The Bertz CT molecular complexity index is 844. The van der Waals surface area contributed by atoms with E-state index >= 15 is 0 Å². The van der Waals surface area contributed by atoms with Crippen LogP contribution in [0.2, 0.25) is 0 Å². The Labute approximate surface area is 160 Å². The van der Waals surface area contributed by atoms with E-state index in [4.69, 9.17) is 9.72 Å². The third kappa shape index (κ3) is 3.61. The molecule has 5 nitrogen and oxygen atoms in total. The first-order valence-corrected chi connectivity index (χ1v) is 9.64. The molecule has 2 aliphatic heterocycles. The zero-order valence-electron chi connectivity index (χ0n) is 16.4. The Balaban J connectivity index is 1.64. The van der Waals surface area contributed by atoms with Crippen molar-refractivity contribution in [2.45, 2.75) is 45.6 Å². The van der Waals surface area contributed by atoms with E-state index in [0.29, 0.717) is 26.2 Å². The number of hydrogen-bond acceptors (Lipinski definition) is 4. The summed E-state index contributed by atoms with van der Waals surface area (Å²) in [6, 6.07) is 10.1. The molecule has 0 aliphatic carbocycles. The number of benzene rings is 1. The highest BCUT2D eigenvalue weighted by molar-refractivity contribution is 5.77. The Kier molecular flexibility index (Phi) is 4.50. The first-order valence-electron chi connectivity index (χ1n) is 9.64. The Morgan fingerprint density at radius 3 is 2.78 bits per heavy atom. The molecule has 1 aromatic carbocycles. The second-order valence-electron chi connectivity index (χ2n) is 9.01. The number of carbonyl (C=O) groups is 1. The molecule has 0 saturated carbocycles. The standard InChI is InChI=1S/C22H27N3O2/c1-21(2,3)11-18(26)25-10-9-22(14-25)15-27-13-17-12-23-20(24-19(17)22)16-7-5-4-6-8-16/h4-8,12H,9-11,13-15H2,1-3H3. The predicted octanol–water partition coefficient (Wildman–Crippen LogP) is 3.58. The lowest BCUT2D eigenvalue weighted by Gasteiger charge is -2.34. The van der Waals surface area contributed by atoms with Gasteiger partial charge in [-0.05, 0) is 11.8 Å². The summed E-state index contributed by atoms with van der Waals surface area (Å²) in [7, 11) is 0. The van der Waals surface area contributed by atoms with E-state index in [1.807, 2.05) is 41.4 Å². The number of fused-ring (bicyclic) bond motifs is 2. The molecule has 1 aromatic heterocycles. The summed E-state index contributed by atoms with van der Waals surface area (Å²) < 4.78 is 5.89. The number of carbonyl (C=O) groups excluding carboxylic acids is 1. The first-order chi connectivity index (χ1) is 12.9. The van der Waals surface area contributed by atoms with Crippen molar-refractivity contribution in [3.05, 3.63) is 47.8 Å². The fourth-order valence-corrected chi connectivity index (χ4v) is 4.08. The third-order valence-corrected chi connectivity index (χ3v) is 5.42. The van der Waals surface area contributed by atoms with Gasteiger partial charge >= 0.3 is 0 Å². The highest BCUT2D eigenvalue weighted by Crippen LogP contribution is 2.40. The molecule has 3 heterocycles. The van der Waals surface area contributed by atoms with E-state index in [9.17, 15) is 4.79 Å².